The molecule has 3 rings (SSSR count). The molecule has 6 nitrogen and oxygen atoms in total. The van der Waals surface area contributed by atoms with E-state index in [1.807, 2.05) is 61.5 Å². The summed E-state index contributed by atoms with van der Waals surface area (Å²) in [5.74, 6) is 0.370. The number of nitrogens with zero attached hydrogens (tertiary/aromatic N) is 4. The Labute approximate surface area is 146 Å². The molecule has 0 fully saturated rings. The number of hydrogen-bond acceptors (Lipinski definition) is 4. The van der Waals surface area contributed by atoms with Gasteiger partial charge in [-0.15, -0.1) is 10.2 Å². The van der Waals surface area contributed by atoms with Gasteiger partial charge in [0.05, 0.1) is 6.54 Å². The number of nitrogens with one attached hydrogen (secondary N) is 1. The van der Waals surface area contributed by atoms with E-state index < -0.39 is 0 Å². The van der Waals surface area contributed by atoms with E-state index in [4.69, 9.17) is 0 Å². The number of carbonyl (C=O) groups excluding carboxylic acids is 1. The van der Waals surface area contributed by atoms with Crippen LogP contribution in [0.4, 0.5) is 0 Å². The predicted octanol–water partition coefficient (Wildman–Crippen LogP) is 2.85. The van der Waals surface area contributed by atoms with Gasteiger partial charge in [-0.1, -0.05) is 54.6 Å². The third-order valence-corrected chi connectivity index (χ3v) is 3.64. The van der Waals surface area contributed by atoms with Crippen LogP contribution < -0.4 is 5.32 Å². The topological polar surface area (TPSA) is 72.7 Å². The van der Waals surface area contributed by atoms with Gasteiger partial charge < -0.3 is 5.32 Å². The van der Waals surface area contributed by atoms with Crippen molar-refractivity contribution in [2.75, 3.05) is 0 Å². The lowest BCUT2D eigenvalue weighted by Crippen LogP contribution is -2.22. The number of carbonyl (C=O) groups is 1. The minimum atomic E-state index is -0.132. The van der Waals surface area contributed by atoms with Crippen molar-refractivity contribution >= 4 is 5.91 Å². The second kappa shape index (κ2) is 8.01. The Morgan fingerprint density at radius 2 is 2.00 bits per heavy atom. The molecule has 2 aromatic carbocycles. The van der Waals surface area contributed by atoms with Crippen molar-refractivity contribution in [2.45, 2.75) is 20.0 Å². The smallest absolute Gasteiger partial charge is 0.251 e. The van der Waals surface area contributed by atoms with Gasteiger partial charge in [0, 0.05) is 17.7 Å². The van der Waals surface area contributed by atoms with Gasteiger partial charge in [0.1, 0.15) is 0 Å². The van der Waals surface area contributed by atoms with E-state index >= 15 is 0 Å². The highest BCUT2D eigenvalue weighted by Gasteiger charge is 2.10. The SMILES string of the molecule is CC=CCn1nnc(-c2cccc(C(=O)NCc3ccccc3)c2)n1. The van der Waals surface area contributed by atoms with Crippen LogP contribution in [0.5, 0.6) is 0 Å². The van der Waals surface area contributed by atoms with Crippen LogP contribution in [-0.2, 0) is 13.1 Å². The van der Waals surface area contributed by atoms with Crippen LogP contribution in [0.3, 0.4) is 0 Å². The molecule has 1 amide bonds. The zero-order chi connectivity index (χ0) is 17.5. The zero-order valence-electron chi connectivity index (χ0n) is 14.0. The van der Waals surface area contributed by atoms with E-state index in [9.17, 15) is 4.79 Å². The summed E-state index contributed by atoms with van der Waals surface area (Å²) in [6.07, 6.45) is 3.87. The maximum Gasteiger partial charge on any atom is 0.251 e. The van der Waals surface area contributed by atoms with Crippen LogP contribution >= 0.6 is 0 Å². The first kappa shape index (κ1) is 16.6. The molecule has 0 aliphatic heterocycles. The van der Waals surface area contributed by atoms with Crippen molar-refractivity contribution < 1.29 is 4.79 Å². The largest absolute Gasteiger partial charge is 0.348 e. The van der Waals surface area contributed by atoms with Gasteiger partial charge in [-0.2, -0.15) is 4.80 Å². The van der Waals surface area contributed by atoms with Gasteiger partial charge in [-0.25, -0.2) is 0 Å². The van der Waals surface area contributed by atoms with E-state index in [2.05, 4.69) is 20.7 Å². The first-order valence-corrected chi connectivity index (χ1v) is 8.08. The molecule has 0 atom stereocenters. The van der Waals surface area contributed by atoms with E-state index in [1.165, 1.54) is 4.80 Å². The Kier molecular flexibility index (Phi) is 5.31. The summed E-state index contributed by atoms with van der Waals surface area (Å²) < 4.78 is 0. The van der Waals surface area contributed by atoms with Crippen molar-refractivity contribution in [1.29, 1.82) is 0 Å². The highest BCUT2D eigenvalue weighted by molar-refractivity contribution is 5.95. The molecule has 25 heavy (non-hydrogen) atoms. The molecule has 1 aromatic heterocycles. The number of allylic oxidation sites excluding steroid dienone is 2. The molecule has 0 radical (unpaired) electrons. The van der Waals surface area contributed by atoms with Gasteiger partial charge in [0.25, 0.3) is 5.91 Å². The van der Waals surface area contributed by atoms with Crippen molar-refractivity contribution in [3.05, 3.63) is 77.9 Å². The summed E-state index contributed by atoms with van der Waals surface area (Å²) in [4.78, 5) is 13.9. The molecule has 1 heterocycles. The second-order valence-corrected chi connectivity index (χ2v) is 5.49. The van der Waals surface area contributed by atoms with Gasteiger partial charge in [-0.05, 0) is 29.8 Å². The fraction of sp³-hybridized carbons (Fsp3) is 0.158. The molecular weight excluding hydrogens is 314 g/mol. The quantitative estimate of drug-likeness (QED) is 0.704. The highest BCUT2D eigenvalue weighted by atomic mass is 16.1. The summed E-state index contributed by atoms with van der Waals surface area (Å²) in [5.41, 5.74) is 2.39. The molecule has 0 aliphatic carbocycles. The van der Waals surface area contributed by atoms with E-state index in [-0.39, 0.29) is 5.91 Å². The average molecular weight is 333 g/mol. The number of aromatic nitrogens is 4. The number of rotatable bonds is 6. The van der Waals surface area contributed by atoms with E-state index in [1.54, 1.807) is 12.1 Å². The maximum absolute atomic E-state index is 12.4. The lowest BCUT2D eigenvalue weighted by Gasteiger charge is -2.06. The Morgan fingerprint density at radius 3 is 2.80 bits per heavy atom. The van der Waals surface area contributed by atoms with Gasteiger partial charge in [0.2, 0.25) is 5.82 Å². The molecule has 0 saturated heterocycles. The van der Waals surface area contributed by atoms with Crippen LogP contribution in [0, 0.1) is 0 Å². The van der Waals surface area contributed by atoms with Gasteiger partial charge in [0.15, 0.2) is 0 Å². The normalized spacial score (nSPS) is 10.9. The summed E-state index contributed by atoms with van der Waals surface area (Å²) in [7, 11) is 0. The molecule has 3 aromatic rings. The fourth-order valence-electron chi connectivity index (χ4n) is 2.32. The Balaban J connectivity index is 1.70. The molecule has 0 aliphatic rings. The summed E-state index contributed by atoms with van der Waals surface area (Å²) in [5, 5.41) is 15.3. The third-order valence-electron chi connectivity index (χ3n) is 3.64. The maximum atomic E-state index is 12.4. The molecule has 6 heteroatoms. The highest BCUT2D eigenvalue weighted by Crippen LogP contribution is 2.15. The van der Waals surface area contributed by atoms with Crippen molar-refractivity contribution in [3.8, 4) is 11.4 Å². The molecule has 126 valence electrons. The monoisotopic (exact) mass is 333 g/mol. The van der Waals surface area contributed by atoms with Crippen LogP contribution in [0.1, 0.15) is 22.8 Å². The predicted molar refractivity (Wildman–Crippen MR) is 95.7 cm³/mol. The van der Waals surface area contributed by atoms with Crippen LogP contribution in [0.25, 0.3) is 11.4 Å². The van der Waals surface area contributed by atoms with Crippen molar-refractivity contribution in [1.82, 2.24) is 25.5 Å². The van der Waals surface area contributed by atoms with E-state index in [0.717, 1.165) is 11.1 Å². The lowest BCUT2D eigenvalue weighted by atomic mass is 10.1. The fourth-order valence-corrected chi connectivity index (χ4v) is 2.32. The molecule has 0 bridgehead atoms. The molecule has 0 saturated carbocycles. The number of amides is 1. The summed E-state index contributed by atoms with van der Waals surface area (Å²) in [6, 6.07) is 17.0. The minimum absolute atomic E-state index is 0.132. The van der Waals surface area contributed by atoms with Gasteiger partial charge >= 0.3 is 0 Å². The molecule has 0 unspecified atom stereocenters. The Morgan fingerprint density at radius 1 is 1.16 bits per heavy atom. The summed E-state index contributed by atoms with van der Waals surface area (Å²) >= 11 is 0. The Bertz CT molecular complexity index is 870. The minimum Gasteiger partial charge on any atom is -0.348 e. The van der Waals surface area contributed by atoms with Gasteiger partial charge in [-0.3, -0.25) is 4.79 Å². The van der Waals surface area contributed by atoms with Crippen LogP contribution in [0.15, 0.2) is 66.7 Å². The van der Waals surface area contributed by atoms with Crippen LogP contribution in [-0.4, -0.2) is 26.1 Å². The number of benzene rings is 2. The first-order valence-electron chi connectivity index (χ1n) is 8.08. The number of tetrazole rings is 1. The number of hydrogen-bond donors (Lipinski definition) is 1. The Hall–Kier alpha value is -3.28. The molecule has 0 spiro atoms. The first-order chi connectivity index (χ1) is 12.3. The van der Waals surface area contributed by atoms with Crippen LogP contribution in [0.2, 0.25) is 0 Å². The third kappa shape index (κ3) is 4.38. The lowest BCUT2D eigenvalue weighted by molar-refractivity contribution is 0.0951. The average Bonchev–Trinajstić information content (AvgIpc) is 3.14. The summed E-state index contributed by atoms with van der Waals surface area (Å²) in [6.45, 7) is 3.00. The second-order valence-electron chi connectivity index (χ2n) is 5.49. The van der Waals surface area contributed by atoms with Crippen molar-refractivity contribution in [3.63, 3.8) is 0 Å². The molecular formula is C19H19N5O. The zero-order valence-corrected chi connectivity index (χ0v) is 14.0. The molecule has 1 N–H and O–H groups in total. The van der Waals surface area contributed by atoms with Crippen molar-refractivity contribution in [2.24, 2.45) is 0 Å². The standard InChI is InChI=1S/C19H19N5O/c1-2-3-12-24-22-18(21-23-24)16-10-7-11-17(13-16)19(25)20-14-15-8-5-4-6-9-15/h2-11,13H,12,14H2,1H3,(H,20,25). The van der Waals surface area contributed by atoms with E-state index in [0.29, 0.717) is 24.5 Å².